The molecule has 7 nitrogen and oxygen atoms in total. The van der Waals surface area contributed by atoms with Gasteiger partial charge in [-0.3, -0.25) is 14.5 Å². The normalized spacial score (nSPS) is 16.2. The summed E-state index contributed by atoms with van der Waals surface area (Å²) < 4.78 is 6.93. The minimum atomic E-state index is -0.271. The van der Waals surface area contributed by atoms with Gasteiger partial charge >= 0.3 is 0 Å². The molecule has 0 fully saturated rings. The van der Waals surface area contributed by atoms with Crippen LogP contribution in [-0.2, 0) is 19.7 Å². The molecule has 0 saturated carbocycles. The Bertz CT molecular complexity index is 1200. The van der Waals surface area contributed by atoms with Crippen LogP contribution in [0.3, 0.4) is 0 Å². The molecular formula is C26H32N4O3S2. The van der Waals surface area contributed by atoms with E-state index in [2.05, 4.69) is 42.9 Å². The van der Waals surface area contributed by atoms with Gasteiger partial charge in [0.15, 0.2) is 0 Å². The first-order valence-corrected chi connectivity index (χ1v) is 13.6. The number of nitrogens with one attached hydrogen (secondary N) is 1. The minimum absolute atomic E-state index is 0.0613. The Balaban J connectivity index is 1.94. The largest absolute Gasteiger partial charge is 0.383 e. The molecule has 0 bridgehead atoms. The third-order valence-corrected chi connectivity index (χ3v) is 7.88. The molecule has 1 N–H and O–H groups in total. The number of benzene rings is 1. The Labute approximate surface area is 214 Å². The maximum absolute atomic E-state index is 13.5. The molecule has 0 radical (unpaired) electrons. The van der Waals surface area contributed by atoms with Crippen molar-refractivity contribution >= 4 is 40.7 Å². The quantitative estimate of drug-likeness (QED) is 0.473. The number of ether oxygens (including phenoxy) is 1. The molecule has 0 saturated heterocycles. The molecule has 1 aliphatic rings. The van der Waals surface area contributed by atoms with E-state index >= 15 is 0 Å². The van der Waals surface area contributed by atoms with Crippen molar-refractivity contribution in [1.29, 1.82) is 0 Å². The molecule has 9 heteroatoms. The number of hydrogen-bond acceptors (Lipinski definition) is 6. The highest BCUT2D eigenvalue weighted by molar-refractivity contribution is 8.00. The zero-order valence-corrected chi connectivity index (χ0v) is 22.5. The Kier molecular flexibility index (Phi) is 7.68. The van der Waals surface area contributed by atoms with Crippen LogP contribution in [0.25, 0.3) is 5.69 Å². The zero-order valence-electron chi connectivity index (χ0n) is 20.8. The second-order valence-electron chi connectivity index (χ2n) is 9.60. The smallest absolute Gasteiger partial charge is 0.240 e. The maximum Gasteiger partial charge on any atom is 0.240 e. The number of amides is 2. The van der Waals surface area contributed by atoms with Crippen LogP contribution in [0.2, 0.25) is 0 Å². The maximum atomic E-state index is 13.5. The van der Waals surface area contributed by atoms with Gasteiger partial charge < -0.3 is 10.1 Å². The number of nitrogens with zero attached hydrogens (tertiary/aromatic N) is 3. The SMILES string of the molecule is COCCNC(=O)CN1C(=O)CSC(c2ccsc2)c2c(C(C)(C)C)nn(-c3ccccc3C)c21. The third kappa shape index (κ3) is 5.32. The molecule has 2 aromatic heterocycles. The Morgan fingerprint density at radius 2 is 2.03 bits per heavy atom. The number of rotatable bonds is 7. The molecule has 186 valence electrons. The fourth-order valence-corrected chi connectivity index (χ4v) is 6.18. The summed E-state index contributed by atoms with van der Waals surface area (Å²) in [4.78, 5) is 28.1. The zero-order chi connectivity index (χ0) is 25.2. The summed E-state index contributed by atoms with van der Waals surface area (Å²) in [5.74, 6) is 0.622. The lowest BCUT2D eigenvalue weighted by Gasteiger charge is -2.24. The highest BCUT2D eigenvalue weighted by atomic mass is 32.2. The second-order valence-corrected chi connectivity index (χ2v) is 11.5. The van der Waals surface area contributed by atoms with Crippen LogP contribution < -0.4 is 10.2 Å². The van der Waals surface area contributed by atoms with Crippen molar-refractivity contribution in [2.24, 2.45) is 0 Å². The van der Waals surface area contributed by atoms with E-state index in [1.54, 1.807) is 35.1 Å². The van der Waals surface area contributed by atoms with Crippen LogP contribution in [0.1, 0.15) is 48.4 Å². The summed E-state index contributed by atoms with van der Waals surface area (Å²) in [7, 11) is 1.59. The van der Waals surface area contributed by atoms with Crippen LogP contribution in [0.4, 0.5) is 5.82 Å². The third-order valence-electron chi connectivity index (χ3n) is 5.92. The summed E-state index contributed by atoms with van der Waals surface area (Å²) in [5, 5.41) is 12.1. The van der Waals surface area contributed by atoms with Gasteiger partial charge in [-0.1, -0.05) is 39.0 Å². The lowest BCUT2D eigenvalue weighted by molar-refractivity contribution is -0.123. The fourth-order valence-electron chi connectivity index (χ4n) is 4.22. The number of anilines is 1. The van der Waals surface area contributed by atoms with Gasteiger partial charge in [0, 0.05) is 24.6 Å². The summed E-state index contributed by atoms with van der Waals surface area (Å²) in [5.41, 5.74) is 4.74. The van der Waals surface area contributed by atoms with Crippen LogP contribution in [0.15, 0.2) is 41.1 Å². The van der Waals surface area contributed by atoms with Crippen molar-refractivity contribution in [2.45, 2.75) is 38.4 Å². The van der Waals surface area contributed by atoms with Gasteiger partial charge in [-0.2, -0.15) is 16.4 Å². The standard InChI is InChI=1S/C26H32N4O3S2/c1-17-8-6-7-9-19(17)30-25-22(24(28-30)26(2,3)4)23(18-10-13-34-15-18)35-16-21(32)29(25)14-20(31)27-11-12-33-5/h6-10,13,15,23H,11-12,14,16H2,1-5H3,(H,27,31). The Morgan fingerprint density at radius 3 is 2.69 bits per heavy atom. The van der Waals surface area contributed by atoms with Gasteiger partial charge in [-0.05, 0) is 40.9 Å². The van der Waals surface area contributed by atoms with Crippen LogP contribution >= 0.6 is 23.1 Å². The number of carbonyl (C=O) groups is 2. The number of carbonyl (C=O) groups excluding carboxylic acids is 2. The molecular weight excluding hydrogens is 480 g/mol. The Morgan fingerprint density at radius 1 is 1.26 bits per heavy atom. The van der Waals surface area contributed by atoms with Crippen molar-refractivity contribution in [3.63, 3.8) is 0 Å². The average Bonchev–Trinajstić information content (AvgIpc) is 3.44. The molecule has 1 unspecified atom stereocenters. The molecule has 1 aromatic carbocycles. The van der Waals surface area contributed by atoms with Gasteiger partial charge in [0.05, 0.1) is 29.0 Å². The number of methoxy groups -OCH3 is 1. The van der Waals surface area contributed by atoms with Crippen molar-refractivity contribution in [3.05, 3.63) is 63.5 Å². The van der Waals surface area contributed by atoms with E-state index in [0.29, 0.717) is 19.0 Å². The van der Waals surface area contributed by atoms with Crippen LogP contribution in [0, 0.1) is 6.92 Å². The molecule has 0 spiro atoms. The van der Waals surface area contributed by atoms with Gasteiger partial charge in [0.2, 0.25) is 11.8 Å². The van der Waals surface area contributed by atoms with Crippen LogP contribution in [-0.4, -0.2) is 54.2 Å². The lowest BCUT2D eigenvalue weighted by Crippen LogP contribution is -2.43. The Hall–Kier alpha value is -2.62. The van der Waals surface area contributed by atoms with E-state index in [-0.39, 0.29) is 34.8 Å². The van der Waals surface area contributed by atoms with E-state index in [1.165, 1.54) is 0 Å². The number of fused-ring (bicyclic) bond motifs is 1. The minimum Gasteiger partial charge on any atom is -0.383 e. The second kappa shape index (κ2) is 10.6. The van der Waals surface area contributed by atoms with Crippen molar-refractivity contribution in [3.8, 4) is 5.69 Å². The first kappa shape index (κ1) is 25.5. The van der Waals surface area contributed by atoms with Gasteiger partial charge in [-0.25, -0.2) is 4.68 Å². The van der Waals surface area contributed by atoms with Crippen molar-refractivity contribution in [1.82, 2.24) is 15.1 Å². The van der Waals surface area contributed by atoms with E-state index in [1.807, 2.05) is 35.9 Å². The topological polar surface area (TPSA) is 76.5 Å². The number of thioether (sulfide) groups is 1. The van der Waals surface area contributed by atoms with Crippen molar-refractivity contribution < 1.29 is 14.3 Å². The predicted octanol–water partition coefficient (Wildman–Crippen LogP) is 4.47. The van der Waals surface area contributed by atoms with E-state index in [0.717, 1.165) is 28.1 Å². The number of aromatic nitrogens is 2. The summed E-state index contributed by atoms with van der Waals surface area (Å²) >= 11 is 3.24. The molecule has 3 aromatic rings. The fraction of sp³-hybridized carbons (Fsp3) is 0.423. The van der Waals surface area contributed by atoms with Crippen LogP contribution in [0.5, 0.6) is 0 Å². The number of para-hydroxylation sites is 1. The van der Waals surface area contributed by atoms with Gasteiger partial charge in [0.25, 0.3) is 0 Å². The molecule has 1 aliphatic heterocycles. The molecule has 3 heterocycles. The molecule has 1 atom stereocenters. The lowest BCUT2D eigenvalue weighted by atomic mass is 9.87. The highest BCUT2D eigenvalue weighted by Gasteiger charge is 2.40. The molecule has 2 amide bonds. The summed E-state index contributed by atoms with van der Waals surface area (Å²) in [6, 6.07) is 10.1. The van der Waals surface area contributed by atoms with Gasteiger partial charge in [0.1, 0.15) is 12.4 Å². The number of aryl methyl sites for hydroxylation is 1. The van der Waals surface area contributed by atoms with Crippen molar-refractivity contribution in [2.75, 3.05) is 37.5 Å². The first-order chi connectivity index (χ1) is 16.7. The number of thiophene rings is 1. The van der Waals surface area contributed by atoms with Gasteiger partial charge in [-0.15, -0.1) is 11.8 Å². The molecule has 35 heavy (non-hydrogen) atoms. The summed E-state index contributed by atoms with van der Waals surface area (Å²) in [6.07, 6.45) is 0. The first-order valence-electron chi connectivity index (χ1n) is 11.6. The molecule has 0 aliphatic carbocycles. The number of hydrogen-bond donors (Lipinski definition) is 1. The monoisotopic (exact) mass is 512 g/mol. The van der Waals surface area contributed by atoms with E-state index in [4.69, 9.17) is 9.84 Å². The highest BCUT2D eigenvalue weighted by Crippen LogP contribution is 2.48. The van der Waals surface area contributed by atoms with E-state index < -0.39 is 0 Å². The average molecular weight is 513 g/mol. The predicted molar refractivity (Wildman–Crippen MR) is 143 cm³/mol. The summed E-state index contributed by atoms with van der Waals surface area (Å²) in [6.45, 7) is 9.18. The van der Waals surface area contributed by atoms with E-state index in [9.17, 15) is 9.59 Å². The molecule has 4 rings (SSSR count).